The van der Waals surface area contributed by atoms with Gasteiger partial charge in [0.2, 0.25) is 6.29 Å². The van der Waals surface area contributed by atoms with Crippen molar-refractivity contribution in [3.63, 3.8) is 0 Å². The van der Waals surface area contributed by atoms with Crippen molar-refractivity contribution in [1.82, 2.24) is 4.98 Å². The lowest BCUT2D eigenvalue weighted by Gasteiger charge is -1.85. The summed E-state index contributed by atoms with van der Waals surface area (Å²) in [6, 6.07) is 9.33. The van der Waals surface area contributed by atoms with E-state index in [1.54, 1.807) is 41.4 Å². The number of fused-ring (bicyclic) bond motifs is 1. The Bertz CT molecular complexity index is 1090. The number of rotatable bonds is 4. The molecule has 3 rings (SSSR count). The molecule has 3 aromatic rings. The Morgan fingerprint density at radius 1 is 1.15 bits per heavy atom. The number of oxazole rings is 1. The first kappa shape index (κ1) is 29.8. The molecule has 0 aliphatic heterocycles. The van der Waals surface area contributed by atoms with Gasteiger partial charge in [0.05, 0.1) is 11.6 Å². The summed E-state index contributed by atoms with van der Waals surface area (Å²) in [6.45, 7) is 7.90. The van der Waals surface area contributed by atoms with E-state index in [1.165, 1.54) is 5.57 Å². The van der Waals surface area contributed by atoms with E-state index in [-0.39, 0.29) is 5.89 Å². The third kappa shape index (κ3) is 11.3. The van der Waals surface area contributed by atoms with Crippen LogP contribution in [-0.4, -0.2) is 29.8 Å². The molecule has 2 heterocycles. The summed E-state index contributed by atoms with van der Waals surface area (Å²) in [4.78, 5) is 25.5. The molecule has 0 amide bonds. The summed E-state index contributed by atoms with van der Waals surface area (Å²) in [7, 11) is 3.43. The van der Waals surface area contributed by atoms with Crippen molar-refractivity contribution in [3.8, 4) is 6.07 Å². The van der Waals surface area contributed by atoms with E-state index in [0.717, 1.165) is 34.9 Å². The Hall–Kier alpha value is -3.17. The highest BCUT2D eigenvalue weighted by atomic mass is 32.1. The van der Waals surface area contributed by atoms with E-state index in [0.29, 0.717) is 17.4 Å². The number of para-hydroxylation sites is 2. The summed E-state index contributed by atoms with van der Waals surface area (Å²) in [5.41, 5.74) is 5.17. The lowest BCUT2D eigenvalue weighted by molar-refractivity contribution is 0.109. The Labute approximate surface area is 201 Å². The van der Waals surface area contributed by atoms with E-state index in [4.69, 9.17) is 14.8 Å². The molecular weight excluding hydrogens is 455 g/mol. The lowest BCUT2D eigenvalue weighted by Crippen LogP contribution is -1.80. The van der Waals surface area contributed by atoms with Crippen LogP contribution in [0.4, 0.5) is 0 Å². The first-order valence-electron chi connectivity index (χ1n) is 9.75. The standard InChI is InChI=1S/C9H12NP.C8H5NO2.C7H8OS.CH4O/c1-8(2)3-4-9(7-10)5-6-11;10-5-8-9-6-3-1-2-4-7(6)11-8;1-5-4-9-6(2)7(5)3-8;1-2/h3-6H,11H2,1-2H3;1-5H;3-4H,1-2H3;2H,1H3/b6-5+,9-4+;;;. The number of carbonyl (C=O) groups excluding carboxylic acids is 2. The maximum Gasteiger partial charge on any atom is 0.260 e. The number of hydrogen-bond acceptors (Lipinski definition) is 7. The molecule has 0 saturated heterocycles. The molecule has 1 aromatic carbocycles. The maximum atomic E-state index is 10.3. The van der Waals surface area contributed by atoms with Crippen molar-refractivity contribution in [2.24, 2.45) is 0 Å². The van der Waals surface area contributed by atoms with Crippen LogP contribution in [-0.2, 0) is 0 Å². The minimum Gasteiger partial charge on any atom is -0.434 e. The van der Waals surface area contributed by atoms with Crippen LogP contribution in [0.3, 0.4) is 0 Å². The number of aromatic nitrogens is 1. The summed E-state index contributed by atoms with van der Waals surface area (Å²) in [6.07, 6.45) is 6.99. The Balaban J connectivity index is 0.000000450. The quantitative estimate of drug-likeness (QED) is 0.204. The number of aliphatic hydroxyl groups is 1. The molecule has 8 heteroatoms. The lowest BCUT2D eigenvalue weighted by atomic mass is 10.2. The first-order chi connectivity index (χ1) is 15.9. The van der Waals surface area contributed by atoms with Crippen LogP contribution in [0, 0.1) is 25.2 Å². The highest BCUT2D eigenvalue weighted by Gasteiger charge is 2.01. The van der Waals surface area contributed by atoms with Crippen LogP contribution in [0.15, 0.2) is 69.3 Å². The van der Waals surface area contributed by atoms with E-state index in [1.807, 2.05) is 51.3 Å². The molecule has 1 atom stereocenters. The number of nitrogens with zero attached hydrogens (tertiary/aromatic N) is 2. The molecule has 0 fully saturated rings. The van der Waals surface area contributed by atoms with Gasteiger partial charge in [0, 0.05) is 17.6 Å². The number of thiophene rings is 1. The van der Waals surface area contributed by atoms with Crippen LogP contribution in [0.1, 0.15) is 45.3 Å². The van der Waals surface area contributed by atoms with Crippen LogP contribution in [0.25, 0.3) is 11.1 Å². The number of benzene rings is 1. The van der Waals surface area contributed by atoms with Crippen molar-refractivity contribution >= 4 is 44.2 Å². The van der Waals surface area contributed by atoms with Crippen molar-refractivity contribution in [3.05, 3.63) is 86.7 Å². The van der Waals surface area contributed by atoms with Gasteiger partial charge in [0.1, 0.15) is 5.52 Å². The van der Waals surface area contributed by atoms with E-state index in [9.17, 15) is 9.59 Å². The fourth-order valence-electron chi connectivity index (χ4n) is 2.19. The fourth-order valence-corrected chi connectivity index (χ4v) is 3.21. The number of allylic oxidation sites excluding steroid dienone is 5. The molecule has 6 nitrogen and oxygen atoms in total. The van der Waals surface area contributed by atoms with Crippen molar-refractivity contribution < 1.29 is 19.1 Å². The average molecular weight is 485 g/mol. The van der Waals surface area contributed by atoms with Crippen LogP contribution >= 0.6 is 20.6 Å². The molecule has 2 aromatic heterocycles. The molecule has 0 aliphatic rings. The van der Waals surface area contributed by atoms with E-state index in [2.05, 4.69) is 20.3 Å². The average Bonchev–Trinajstić information content (AvgIpc) is 3.40. The Morgan fingerprint density at radius 3 is 2.24 bits per heavy atom. The summed E-state index contributed by atoms with van der Waals surface area (Å²) >= 11 is 1.62. The Kier molecular flexibility index (Phi) is 15.7. The van der Waals surface area contributed by atoms with Gasteiger partial charge in [-0.2, -0.15) is 5.26 Å². The molecule has 0 saturated carbocycles. The normalized spacial score (nSPS) is 9.94. The number of nitriles is 1. The molecule has 0 radical (unpaired) electrons. The van der Waals surface area contributed by atoms with E-state index < -0.39 is 0 Å². The summed E-state index contributed by atoms with van der Waals surface area (Å²) in [5, 5.41) is 17.6. The number of aliphatic hydroxyl groups excluding tert-OH is 1. The molecule has 174 valence electrons. The summed E-state index contributed by atoms with van der Waals surface area (Å²) in [5.74, 6) is 1.90. The molecule has 0 spiro atoms. The highest BCUT2D eigenvalue weighted by Crippen LogP contribution is 2.18. The first-order valence-corrected chi connectivity index (χ1v) is 11.3. The molecule has 33 heavy (non-hydrogen) atoms. The van der Waals surface area contributed by atoms with Gasteiger partial charge >= 0.3 is 0 Å². The van der Waals surface area contributed by atoms with Gasteiger partial charge in [-0.1, -0.05) is 29.6 Å². The van der Waals surface area contributed by atoms with Gasteiger partial charge in [0.25, 0.3) is 5.89 Å². The SMILES string of the molecule is CC(C)=C/C=C(C#N)\C=C\P.CO.Cc1csc(C)c1C=O.O=Cc1nc2ccccc2o1. The summed E-state index contributed by atoms with van der Waals surface area (Å²) < 4.78 is 5.04. The third-order valence-corrected chi connectivity index (χ3v) is 4.98. The van der Waals surface area contributed by atoms with Gasteiger partial charge in [0.15, 0.2) is 11.9 Å². The largest absolute Gasteiger partial charge is 0.434 e. The minimum absolute atomic E-state index is 0.131. The second-order valence-corrected chi connectivity index (χ2v) is 7.95. The van der Waals surface area contributed by atoms with Gasteiger partial charge in [-0.3, -0.25) is 9.59 Å². The zero-order valence-electron chi connectivity index (χ0n) is 19.4. The maximum absolute atomic E-state index is 10.3. The molecular formula is C25H29N2O4PS. The molecule has 0 bridgehead atoms. The third-order valence-electron chi connectivity index (χ3n) is 3.75. The number of aryl methyl sites for hydroxylation is 2. The van der Waals surface area contributed by atoms with Crippen molar-refractivity contribution in [1.29, 1.82) is 5.26 Å². The predicted octanol–water partition coefficient (Wildman–Crippen LogP) is 6.22. The number of aldehydes is 2. The number of carbonyl (C=O) groups is 2. The molecule has 1 unspecified atom stereocenters. The van der Waals surface area contributed by atoms with E-state index >= 15 is 0 Å². The second-order valence-electron chi connectivity index (χ2n) is 6.48. The van der Waals surface area contributed by atoms with Crippen molar-refractivity contribution in [2.75, 3.05) is 7.11 Å². The zero-order chi connectivity index (χ0) is 25.2. The van der Waals surface area contributed by atoms with Crippen LogP contribution in [0.2, 0.25) is 0 Å². The van der Waals surface area contributed by atoms with Crippen LogP contribution < -0.4 is 0 Å². The fraction of sp³-hybridized carbons (Fsp3) is 0.200. The van der Waals surface area contributed by atoms with Gasteiger partial charge < -0.3 is 9.52 Å². The smallest absolute Gasteiger partial charge is 0.260 e. The molecule has 1 N–H and O–H groups in total. The predicted molar refractivity (Wildman–Crippen MR) is 139 cm³/mol. The minimum atomic E-state index is 0.131. The Morgan fingerprint density at radius 2 is 1.82 bits per heavy atom. The van der Waals surface area contributed by atoms with Crippen LogP contribution in [0.5, 0.6) is 0 Å². The number of hydrogen-bond donors (Lipinski definition) is 1. The molecule has 0 aliphatic carbocycles. The van der Waals surface area contributed by atoms with Crippen molar-refractivity contribution in [2.45, 2.75) is 27.7 Å². The monoisotopic (exact) mass is 484 g/mol. The second kappa shape index (κ2) is 17.4. The topological polar surface area (TPSA) is 104 Å². The zero-order valence-corrected chi connectivity index (χ0v) is 21.4. The van der Waals surface area contributed by atoms with Gasteiger partial charge in [-0.25, -0.2) is 4.98 Å². The highest BCUT2D eigenvalue weighted by molar-refractivity contribution is 7.20. The van der Waals surface area contributed by atoms with Gasteiger partial charge in [-0.05, 0) is 62.9 Å². The van der Waals surface area contributed by atoms with Gasteiger partial charge in [-0.15, -0.1) is 20.6 Å².